The molecule has 0 aliphatic rings. The van der Waals surface area contributed by atoms with E-state index < -0.39 is 11.7 Å². The minimum atomic E-state index is -0.559. The summed E-state index contributed by atoms with van der Waals surface area (Å²) in [6.45, 7) is 5.39. The molecule has 0 aromatic carbocycles. The lowest BCUT2D eigenvalue weighted by Gasteiger charge is -2.18. The van der Waals surface area contributed by atoms with Crippen LogP contribution in [0.3, 0.4) is 0 Å². The zero-order valence-electron chi connectivity index (χ0n) is 10.2. The molecular formula is C11H13IN2O3S. The molecule has 2 heterocycles. The summed E-state index contributed by atoms with van der Waals surface area (Å²) < 4.78 is 8.16. The van der Waals surface area contributed by atoms with Crippen molar-refractivity contribution in [2.45, 2.75) is 33.0 Å². The van der Waals surface area contributed by atoms with E-state index in [0.29, 0.717) is 5.52 Å². The van der Waals surface area contributed by atoms with E-state index >= 15 is 0 Å². The molecule has 98 valence electrons. The Kier molecular flexibility index (Phi) is 3.65. The van der Waals surface area contributed by atoms with Crippen LogP contribution in [0.4, 0.5) is 4.79 Å². The molecule has 0 bridgehead atoms. The van der Waals surface area contributed by atoms with Crippen LogP contribution in [-0.4, -0.2) is 26.6 Å². The zero-order chi connectivity index (χ0) is 13.5. The molecule has 0 saturated carbocycles. The summed E-state index contributed by atoms with van der Waals surface area (Å²) in [5.74, 6) is 0. The third kappa shape index (κ3) is 2.67. The number of aliphatic hydroxyl groups excluding tert-OH is 1. The minimum Gasteiger partial charge on any atom is -0.442 e. The highest BCUT2D eigenvalue weighted by atomic mass is 127. The second-order valence-electron chi connectivity index (χ2n) is 4.77. The summed E-state index contributed by atoms with van der Waals surface area (Å²) in [7, 11) is 0. The van der Waals surface area contributed by atoms with Gasteiger partial charge in [0, 0.05) is 4.88 Å². The number of aliphatic hydroxyl groups is 1. The van der Waals surface area contributed by atoms with Crippen LogP contribution in [0, 0.1) is 3.70 Å². The zero-order valence-corrected chi connectivity index (χ0v) is 13.2. The van der Waals surface area contributed by atoms with Crippen LogP contribution < -0.4 is 0 Å². The Hall–Kier alpha value is -0.670. The lowest BCUT2D eigenvalue weighted by Crippen LogP contribution is -2.27. The Morgan fingerprint density at radius 2 is 2.28 bits per heavy atom. The van der Waals surface area contributed by atoms with Crippen molar-refractivity contribution in [3.05, 3.63) is 14.6 Å². The van der Waals surface area contributed by atoms with Gasteiger partial charge in [-0.25, -0.2) is 4.79 Å². The van der Waals surface area contributed by atoms with Gasteiger partial charge >= 0.3 is 6.09 Å². The topological polar surface area (TPSA) is 64.4 Å². The maximum Gasteiger partial charge on any atom is 0.435 e. The molecular weight excluding hydrogens is 367 g/mol. The molecule has 2 aromatic heterocycles. The number of fused-ring (bicyclic) bond motifs is 1. The summed E-state index contributed by atoms with van der Waals surface area (Å²) in [5, 5.41) is 13.3. The van der Waals surface area contributed by atoms with Crippen molar-refractivity contribution in [3.8, 4) is 0 Å². The summed E-state index contributed by atoms with van der Waals surface area (Å²) >= 11 is 3.50. The van der Waals surface area contributed by atoms with Crippen molar-refractivity contribution in [2.24, 2.45) is 0 Å². The molecule has 2 rings (SSSR count). The van der Waals surface area contributed by atoms with Crippen LogP contribution >= 0.6 is 33.9 Å². The number of hydrogen-bond donors (Lipinski definition) is 1. The van der Waals surface area contributed by atoms with Crippen molar-refractivity contribution in [1.82, 2.24) is 9.78 Å². The predicted octanol–water partition coefficient (Wildman–Crippen LogP) is 2.98. The molecule has 0 saturated heterocycles. The third-order valence-corrected chi connectivity index (χ3v) is 4.33. The number of carbonyl (C=O) groups is 1. The van der Waals surface area contributed by atoms with E-state index in [1.165, 1.54) is 16.0 Å². The molecule has 0 aliphatic heterocycles. The molecule has 0 unspecified atom stereocenters. The van der Waals surface area contributed by atoms with Crippen LogP contribution in [0.15, 0.2) is 6.07 Å². The van der Waals surface area contributed by atoms with Crippen LogP contribution in [0.1, 0.15) is 25.6 Å². The van der Waals surface area contributed by atoms with Gasteiger partial charge in [-0.15, -0.1) is 11.3 Å². The first-order valence-electron chi connectivity index (χ1n) is 5.33. The number of ether oxygens (including phenoxy) is 1. The Bertz CT molecular complexity index is 597. The maximum atomic E-state index is 12.0. The SMILES string of the molecule is CC(C)(C)OC(=O)n1nc(I)c2sc(CO)cc21. The summed E-state index contributed by atoms with van der Waals surface area (Å²) in [6.07, 6.45) is -0.502. The van der Waals surface area contributed by atoms with Gasteiger partial charge in [0.05, 0.1) is 16.8 Å². The molecule has 1 N–H and O–H groups in total. The van der Waals surface area contributed by atoms with Crippen molar-refractivity contribution in [2.75, 3.05) is 0 Å². The van der Waals surface area contributed by atoms with Crippen LogP contribution in [0.25, 0.3) is 10.2 Å². The van der Waals surface area contributed by atoms with Crippen LogP contribution in [-0.2, 0) is 11.3 Å². The van der Waals surface area contributed by atoms with Gasteiger partial charge < -0.3 is 9.84 Å². The fourth-order valence-electron chi connectivity index (χ4n) is 1.45. The first-order valence-corrected chi connectivity index (χ1v) is 7.22. The standard InChI is InChI=1S/C11H13IN2O3S/c1-11(2,3)17-10(16)14-7-4-6(5-15)18-8(7)9(12)13-14/h4,15H,5H2,1-3H3. The lowest BCUT2D eigenvalue weighted by molar-refractivity contribution is 0.0522. The van der Waals surface area contributed by atoms with E-state index in [9.17, 15) is 4.79 Å². The average molecular weight is 380 g/mol. The second kappa shape index (κ2) is 4.78. The number of thiophene rings is 1. The van der Waals surface area contributed by atoms with E-state index in [1.54, 1.807) is 6.07 Å². The quantitative estimate of drug-likeness (QED) is 0.773. The van der Waals surface area contributed by atoms with E-state index in [2.05, 4.69) is 27.7 Å². The smallest absolute Gasteiger partial charge is 0.435 e. The van der Waals surface area contributed by atoms with Crippen LogP contribution in [0.5, 0.6) is 0 Å². The summed E-state index contributed by atoms with van der Waals surface area (Å²) in [5.41, 5.74) is 0.124. The van der Waals surface area contributed by atoms with E-state index in [1.807, 2.05) is 20.8 Å². The molecule has 0 amide bonds. The highest BCUT2D eigenvalue weighted by Gasteiger charge is 2.22. The van der Waals surface area contributed by atoms with Crippen LogP contribution in [0.2, 0.25) is 0 Å². The number of rotatable bonds is 1. The molecule has 0 atom stereocenters. The minimum absolute atomic E-state index is 0.0380. The molecule has 5 nitrogen and oxygen atoms in total. The fourth-order valence-corrected chi connectivity index (χ4v) is 3.14. The second-order valence-corrected chi connectivity index (χ2v) is 6.93. The van der Waals surface area contributed by atoms with Gasteiger partial charge in [0.2, 0.25) is 0 Å². The van der Waals surface area contributed by atoms with Crippen molar-refractivity contribution in [1.29, 1.82) is 0 Å². The van der Waals surface area contributed by atoms with Gasteiger partial charge in [-0.05, 0) is 49.4 Å². The maximum absolute atomic E-state index is 12.0. The van der Waals surface area contributed by atoms with Crippen molar-refractivity contribution < 1.29 is 14.6 Å². The van der Waals surface area contributed by atoms with Gasteiger partial charge in [0.25, 0.3) is 0 Å². The number of hydrogen-bond acceptors (Lipinski definition) is 5. The molecule has 0 spiro atoms. The largest absolute Gasteiger partial charge is 0.442 e. The van der Waals surface area contributed by atoms with E-state index in [4.69, 9.17) is 9.84 Å². The molecule has 0 radical (unpaired) electrons. The third-order valence-electron chi connectivity index (χ3n) is 2.09. The first-order chi connectivity index (χ1) is 8.31. The molecule has 0 aliphatic carbocycles. The van der Waals surface area contributed by atoms with Gasteiger partial charge in [-0.1, -0.05) is 0 Å². The number of halogens is 1. The Balaban J connectivity index is 2.44. The van der Waals surface area contributed by atoms with Crippen molar-refractivity contribution in [3.63, 3.8) is 0 Å². The number of aromatic nitrogens is 2. The molecule has 18 heavy (non-hydrogen) atoms. The average Bonchev–Trinajstić information content (AvgIpc) is 2.76. The number of nitrogens with zero attached hydrogens (tertiary/aromatic N) is 2. The molecule has 7 heteroatoms. The number of carbonyl (C=O) groups excluding carboxylic acids is 1. The van der Waals surface area contributed by atoms with Gasteiger partial charge in [0.1, 0.15) is 9.30 Å². The van der Waals surface area contributed by atoms with Gasteiger partial charge in [0.15, 0.2) is 0 Å². The highest BCUT2D eigenvalue weighted by Crippen LogP contribution is 2.30. The molecule has 2 aromatic rings. The first kappa shape index (κ1) is 13.8. The fraction of sp³-hybridized carbons (Fsp3) is 0.455. The van der Waals surface area contributed by atoms with Gasteiger partial charge in [-0.3, -0.25) is 0 Å². The Morgan fingerprint density at radius 3 is 2.83 bits per heavy atom. The summed E-state index contributed by atoms with van der Waals surface area (Å²) in [6, 6.07) is 1.76. The Labute approximate surface area is 122 Å². The van der Waals surface area contributed by atoms with E-state index in [0.717, 1.165) is 13.3 Å². The normalized spacial score (nSPS) is 12.1. The monoisotopic (exact) mass is 380 g/mol. The predicted molar refractivity (Wildman–Crippen MR) is 77.9 cm³/mol. The highest BCUT2D eigenvalue weighted by molar-refractivity contribution is 14.1. The van der Waals surface area contributed by atoms with E-state index in [-0.39, 0.29) is 6.61 Å². The lowest BCUT2D eigenvalue weighted by atomic mass is 10.2. The molecule has 0 fully saturated rings. The van der Waals surface area contributed by atoms with Gasteiger partial charge in [-0.2, -0.15) is 9.78 Å². The van der Waals surface area contributed by atoms with Crippen molar-refractivity contribution >= 4 is 50.2 Å². The Morgan fingerprint density at radius 1 is 1.61 bits per heavy atom. The summed E-state index contributed by atoms with van der Waals surface area (Å²) in [4.78, 5) is 12.8.